The summed E-state index contributed by atoms with van der Waals surface area (Å²) in [6, 6.07) is 5.50. The van der Waals surface area contributed by atoms with Crippen molar-refractivity contribution in [2.24, 2.45) is 5.92 Å². The molecule has 0 fully saturated rings. The van der Waals surface area contributed by atoms with E-state index in [0.717, 1.165) is 25.0 Å². The fourth-order valence-electron chi connectivity index (χ4n) is 2.64. The van der Waals surface area contributed by atoms with Crippen LogP contribution in [-0.4, -0.2) is 22.2 Å². The molecule has 1 amide bonds. The van der Waals surface area contributed by atoms with Crippen LogP contribution >= 0.6 is 0 Å². The van der Waals surface area contributed by atoms with Crippen LogP contribution in [0.5, 0.6) is 0 Å². The average Bonchev–Trinajstić information content (AvgIpc) is 3.22. The molecule has 5 nitrogen and oxygen atoms in total. The fourth-order valence-corrected chi connectivity index (χ4v) is 2.64. The van der Waals surface area contributed by atoms with E-state index in [1.807, 2.05) is 24.4 Å². The zero-order valence-corrected chi connectivity index (χ0v) is 11.8. The number of nitrogens with zero attached hydrogens (tertiary/aromatic N) is 2. The van der Waals surface area contributed by atoms with Crippen molar-refractivity contribution in [3.63, 3.8) is 0 Å². The Bertz CT molecular complexity index is 553. The first-order valence-corrected chi connectivity index (χ1v) is 7.30. The lowest BCUT2D eigenvalue weighted by molar-refractivity contribution is -0.125. The molecule has 2 aromatic rings. The minimum atomic E-state index is -0.113. The molecule has 0 unspecified atom stereocenters. The Labute approximate surface area is 123 Å². The molecular formula is C16H19N3O2. The van der Waals surface area contributed by atoms with Crippen LogP contribution < -0.4 is 5.32 Å². The van der Waals surface area contributed by atoms with Gasteiger partial charge in [0.25, 0.3) is 0 Å². The van der Waals surface area contributed by atoms with Gasteiger partial charge in [-0.2, -0.15) is 5.10 Å². The summed E-state index contributed by atoms with van der Waals surface area (Å²) in [5, 5.41) is 7.29. The SMILES string of the molecule is O=C(NC[C@@H](c1ccco1)n1cccn1)[C@@H]1CC=CCC1. The number of allylic oxidation sites excluding steroid dienone is 2. The number of rotatable bonds is 5. The van der Waals surface area contributed by atoms with Crippen molar-refractivity contribution < 1.29 is 9.21 Å². The maximum Gasteiger partial charge on any atom is 0.223 e. The lowest BCUT2D eigenvalue weighted by Gasteiger charge is -2.20. The monoisotopic (exact) mass is 285 g/mol. The smallest absolute Gasteiger partial charge is 0.223 e. The third-order valence-electron chi connectivity index (χ3n) is 3.83. The molecule has 2 atom stereocenters. The summed E-state index contributed by atoms with van der Waals surface area (Å²) in [5.74, 6) is 0.996. The van der Waals surface area contributed by atoms with Crippen LogP contribution in [0.25, 0.3) is 0 Å². The lowest BCUT2D eigenvalue weighted by atomic mass is 9.93. The normalized spacial score (nSPS) is 19.3. The van der Waals surface area contributed by atoms with Crippen LogP contribution in [0.2, 0.25) is 0 Å². The highest BCUT2D eigenvalue weighted by molar-refractivity contribution is 5.79. The molecule has 5 heteroatoms. The first-order chi connectivity index (χ1) is 10.3. The standard InChI is InChI=1S/C16H19N3O2/c20-16(13-6-2-1-3-7-13)17-12-14(15-8-4-11-21-15)19-10-5-9-18-19/h1-2,4-5,8-11,13-14H,3,6-7,12H2,(H,17,20)/t13-,14+/m1/s1. The Hall–Kier alpha value is -2.30. The molecule has 1 N–H and O–H groups in total. The van der Waals surface area contributed by atoms with Gasteiger partial charge in [0.15, 0.2) is 0 Å². The summed E-state index contributed by atoms with van der Waals surface area (Å²) >= 11 is 0. The molecule has 0 aliphatic heterocycles. The molecular weight excluding hydrogens is 266 g/mol. The molecule has 0 spiro atoms. The minimum Gasteiger partial charge on any atom is -0.467 e. The molecule has 1 aliphatic rings. The second-order valence-corrected chi connectivity index (χ2v) is 5.24. The van der Waals surface area contributed by atoms with E-state index in [-0.39, 0.29) is 17.9 Å². The Morgan fingerprint density at radius 1 is 1.48 bits per heavy atom. The van der Waals surface area contributed by atoms with Gasteiger partial charge >= 0.3 is 0 Å². The molecule has 0 saturated heterocycles. The molecule has 110 valence electrons. The Morgan fingerprint density at radius 3 is 3.10 bits per heavy atom. The highest BCUT2D eigenvalue weighted by Crippen LogP contribution is 2.20. The van der Waals surface area contributed by atoms with E-state index in [2.05, 4.69) is 22.6 Å². The van der Waals surface area contributed by atoms with E-state index in [9.17, 15) is 4.79 Å². The van der Waals surface area contributed by atoms with Crippen molar-refractivity contribution in [1.82, 2.24) is 15.1 Å². The second-order valence-electron chi connectivity index (χ2n) is 5.24. The van der Waals surface area contributed by atoms with E-state index < -0.39 is 0 Å². The van der Waals surface area contributed by atoms with Crippen LogP contribution in [0.1, 0.15) is 31.1 Å². The topological polar surface area (TPSA) is 60.1 Å². The summed E-state index contributed by atoms with van der Waals surface area (Å²) in [4.78, 5) is 12.2. The van der Waals surface area contributed by atoms with Crippen molar-refractivity contribution in [1.29, 1.82) is 0 Å². The summed E-state index contributed by atoms with van der Waals surface area (Å²) in [5.41, 5.74) is 0. The largest absolute Gasteiger partial charge is 0.467 e. The maximum absolute atomic E-state index is 12.2. The predicted molar refractivity (Wildman–Crippen MR) is 78.6 cm³/mol. The van der Waals surface area contributed by atoms with Gasteiger partial charge in [-0.25, -0.2) is 0 Å². The third-order valence-corrected chi connectivity index (χ3v) is 3.83. The molecule has 2 heterocycles. The zero-order valence-electron chi connectivity index (χ0n) is 11.8. The van der Waals surface area contributed by atoms with Crippen molar-refractivity contribution >= 4 is 5.91 Å². The van der Waals surface area contributed by atoms with Crippen molar-refractivity contribution in [3.05, 3.63) is 54.8 Å². The van der Waals surface area contributed by atoms with Gasteiger partial charge < -0.3 is 9.73 Å². The highest BCUT2D eigenvalue weighted by atomic mass is 16.3. The highest BCUT2D eigenvalue weighted by Gasteiger charge is 2.22. The van der Waals surface area contributed by atoms with Gasteiger partial charge in [-0.05, 0) is 37.5 Å². The summed E-state index contributed by atoms with van der Waals surface area (Å²) in [7, 11) is 0. The van der Waals surface area contributed by atoms with Crippen LogP contribution in [0, 0.1) is 5.92 Å². The summed E-state index contributed by atoms with van der Waals surface area (Å²) in [6.07, 6.45) is 12.2. The number of hydrogen-bond donors (Lipinski definition) is 1. The van der Waals surface area contributed by atoms with Gasteiger partial charge in [-0.1, -0.05) is 12.2 Å². The number of carbonyl (C=O) groups excluding carboxylic acids is 1. The molecule has 2 aromatic heterocycles. The third kappa shape index (κ3) is 3.24. The number of nitrogens with one attached hydrogen (secondary N) is 1. The fraction of sp³-hybridized carbons (Fsp3) is 0.375. The molecule has 0 saturated carbocycles. The van der Waals surface area contributed by atoms with Gasteiger partial charge in [0, 0.05) is 24.9 Å². The van der Waals surface area contributed by atoms with Crippen molar-refractivity contribution in [2.75, 3.05) is 6.54 Å². The van der Waals surface area contributed by atoms with Gasteiger partial charge in [-0.3, -0.25) is 9.48 Å². The Kier molecular flexibility index (Phi) is 4.19. The molecule has 0 bridgehead atoms. The van der Waals surface area contributed by atoms with Crippen LogP contribution in [0.15, 0.2) is 53.4 Å². The van der Waals surface area contributed by atoms with E-state index in [4.69, 9.17) is 4.42 Å². The minimum absolute atomic E-state index is 0.0878. The quantitative estimate of drug-likeness (QED) is 0.859. The zero-order chi connectivity index (χ0) is 14.5. The van der Waals surface area contributed by atoms with Gasteiger partial charge in [0.2, 0.25) is 5.91 Å². The lowest BCUT2D eigenvalue weighted by Crippen LogP contribution is -2.36. The molecule has 0 aromatic carbocycles. The van der Waals surface area contributed by atoms with Crippen LogP contribution in [0.3, 0.4) is 0 Å². The number of amides is 1. The molecule has 1 aliphatic carbocycles. The average molecular weight is 285 g/mol. The van der Waals surface area contributed by atoms with Gasteiger partial charge in [-0.15, -0.1) is 0 Å². The van der Waals surface area contributed by atoms with E-state index in [1.54, 1.807) is 17.1 Å². The summed E-state index contributed by atoms with van der Waals surface area (Å²) in [6.45, 7) is 0.480. The van der Waals surface area contributed by atoms with E-state index >= 15 is 0 Å². The van der Waals surface area contributed by atoms with E-state index in [1.165, 1.54) is 0 Å². The predicted octanol–water partition coefficient (Wildman–Crippen LogP) is 2.54. The summed E-state index contributed by atoms with van der Waals surface area (Å²) < 4.78 is 7.28. The number of hydrogen-bond acceptors (Lipinski definition) is 3. The van der Waals surface area contributed by atoms with E-state index in [0.29, 0.717) is 6.54 Å². The molecule has 0 radical (unpaired) electrons. The number of furan rings is 1. The van der Waals surface area contributed by atoms with Gasteiger partial charge in [0.05, 0.1) is 6.26 Å². The van der Waals surface area contributed by atoms with Crippen molar-refractivity contribution in [3.8, 4) is 0 Å². The first-order valence-electron chi connectivity index (χ1n) is 7.30. The Balaban J connectivity index is 1.65. The molecule has 3 rings (SSSR count). The number of carbonyl (C=O) groups is 1. The first kappa shape index (κ1) is 13.7. The van der Waals surface area contributed by atoms with Crippen LogP contribution in [0.4, 0.5) is 0 Å². The molecule has 21 heavy (non-hydrogen) atoms. The van der Waals surface area contributed by atoms with Crippen LogP contribution in [-0.2, 0) is 4.79 Å². The maximum atomic E-state index is 12.2. The second kappa shape index (κ2) is 6.43. The van der Waals surface area contributed by atoms with Gasteiger partial charge in [0.1, 0.15) is 11.8 Å². The Morgan fingerprint density at radius 2 is 2.43 bits per heavy atom. The number of aromatic nitrogens is 2. The van der Waals surface area contributed by atoms with Crippen molar-refractivity contribution in [2.45, 2.75) is 25.3 Å².